The molecule has 0 fully saturated rings. The van der Waals surface area contributed by atoms with Crippen molar-refractivity contribution in [2.24, 2.45) is 0 Å². The first kappa shape index (κ1) is 12.8. The van der Waals surface area contributed by atoms with Crippen LogP contribution in [0, 0.1) is 5.82 Å². The van der Waals surface area contributed by atoms with Crippen LogP contribution in [0.4, 0.5) is 15.9 Å². The van der Waals surface area contributed by atoms with E-state index in [1.165, 1.54) is 18.5 Å². The summed E-state index contributed by atoms with van der Waals surface area (Å²) in [4.78, 5) is 8.28. The monoisotopic (exact) mass is 265 g/mol. The van der Waals surface area contributed by atoms with Gasteiger partial charge in [-0.25, -0.2) is 14.4 Å². The Hall–Kier alpha value is -1.68. The maximum atomic E-state index is 13.0. The van der Waals surface area contributed by atoms with Gasteiger partial charge in [-0.15, -0.1) is 0 Å². The van der Waals surface area contributed by atoms with Crippen LogP contribution in [-0.4, -0.2) is 9.97 Å². The van der Waals surface area contributed by atoms with Gasteiger partial charge in [-0.2, -0.15) is 0 Å². The lowest BCUT2D eigenvalue weighted by molar-refractivity contribution is 0.628. The van der Waals surface area contributed by atoms with E-state index in [9.17, 15) is 4.39 Å². The molecule has 0 radical (unpaired) electrons. The first-order valence-corrected chi connectivity index (χ1v) is 6.10. The van der Waals surface area contributed by atoms with Gasteiger partial charge < -0.3 is 5.32 Å². The predicted molar refractivity (Wildman–Crippen MR) is 70.7 cm³/mol. The Balaban J connectivity index is 2.17. The van der Waals surface area contributed by atoms with Gasteiger partial charge in [0.2, 0.25) is 0 Å². The molecule has 2 rings (SSSR count). The fraction of sp³-hybridized carbons (Fsp3) is 0.231. The molecule has 0 saturated heterocycles. The van der Waals surface area contributed by atoms with Crippen LogP contribution in [-0.2, 0) is 6.42 Å². The van der Waals surface area contributed by atoms with Gasteiger partial charge in [0.05, 0.1) is 5.02 Å². The third-order valence-electron chi connectivity index (χ3n) is 2.42. The summed E-state index contributed by atoms with van der Waals surface area (Å²) in [5.41, 5.74) is 1.67. The summed E-state index contributed by atoms with van der Waals surface area (Å²) in [6.07, 6.45) is 3.44. The Labute approximate surface area is 110 Å². The molecule has 0 aliphatic carbocycles. The lowest BCUT2D eigenvalue weighted by atomic mass is 10.2. The number of nitrogens with one attached hydrogen (secondary N) is 1. The Morgan fingerprint density at radius 3 is 2.83 bits per heavy atom. The van der Waals surface area contributed by atoms with E-state index < -0.39 is 5.82 Å². The van der Waals surface area contributed by atoms with Gasteiger partial charge in [-0.1, -0.05) is 24.9 Å². The number of aromatic nitrogens is 2. The average molecular weight is 266 g/mol. The summed E-state index contributed by atoms with van der Waals surface area (Å²) in [6.45, 7) is 2.09. The molecule has 0 amide bonds. The zero-order valence-electron chi connectivity index (χ0n) is 9.95. The van der Waals surface area contributed by atoms with E-state index in [1.54, 1.807) is 6.07 Å². The Morgan fingerprint density at radius 1 is 1.28 bits per heavy atom. The molecule has 1 aromatic heterocycles. The first-order valence-electron chi connectivity index (χ1n) is 5.72. The van der Waals surface area contributed by atoms with Crippen molar-refractivity contribution in [2.75, 3.05) is 5.32 Å². The molecule has 3 nitrogen and oxygen atoms in total. The van der Waals surface area contributed by atoms with Crippen LogP contribution < -0.4 is 5.32 Å². The van der Waals surface area contributed by atoms with E-state index in [0.717, 1.165) is 18.5 Å². The molecule has 0 aliphatic rings. The largest absolute Gasteiger partial charge is 0.340 e. The van der Waals surface area contributed by atoms with Crippen LogP contribution in [0.3, 0.4) is 0 Å². The summed E-state index contributed by atoms with van der Waals surface area (Å²) in [7, 11) is 0. The van der Waals surface area contributed by atoms with E-state index in [2.05, 4.69) is 22.2 Å². The van der Waals surface area contributed by atoms with Crippen molar-refractivity contribution in [2.45, 2.75) is 19.8 Å². The predicted octanol–water partition coefficient (Wildman–Crippen LogP) is 3.97. The average Bonchev–Trinajstić information content (AvgIpc) is 2.35. The molecule has 0 unspecified atom stereocenters. The number of benzene rings is 1. The fourth-order valence-electron chi connectivity index (χ4n) is 1.58. The summed E-state index contributed by atoms with van der Waals surface area (Å²) in [5.74, 6) is 0.243. The molecule has 1 heterocycles. The molecular weight excluding hydrogens is 253 g/mol. The van der Waals surface area contributed by atoms with Crippen molar-refractivity contribution in [3.63, 3.8) is 0 Å². The smallest absolute Gasteiger partial charge is 0.141 e. The van der Waals surface area contributed by atoms with Crippen molar-refractivity contribution < 1.29 is 4.39 Å². The Kier molecular flexibility index (Phi) is 4.10. The van der Waals surface area contributed by atoms with Crippen LogP contribution in [0.25, 0.3) is 0 Å². The molecule has 0 spiro atoms. The van der Waals surface area contributed by atoms with Gasteiger partial charge in [-0.05, 0) is 24.6 Å². The Morgan fingerprint density at radius 2 is 2.11 bits per heavy atom. The second-order valence-corrected chi connectivity index (χ2v) is 4.31. The highest BCUT2D eigenvalue weighted by Gasteiger charge is 2.03. The number of hydrogen-bond acceptors (Lipinski definition) is 3. The number of anilines is 2. The van der Waals surface area contributed by atoms with Crippen LogP contribution >= 0.6 is 11.6 Å². The van der Waals surface area contributed by atoms with Gasteiger partial charge in [0.1, 0.15) is 18.0 Å². The van der Waals surface area contributed by atoms with Crippen LogP contribution in [0.5, 0.6) is 0 Å². The van der Waals surface area contributed by atoms with Crippen LogP contribution in [0.15, 0.2) is 30.6 Å². The first-order chi connectivity index (χ1) is 8.69. The topological polar surface area (TPSA) is 37.8 Å². The normalized spacial score (nSPS) is 10.4. The third kappa shape index (κ3) is 3.17. The van der Waals surface area contributed by atoms with Gasteiger partial charge in [0, 0.05) is 17.4 Å². The molecule has 0 atom stereocenters. The van der Waals surface area contributed by atoms with Crippen LogP contribution in [0.2, 0.25) is 5.02 Å². The molecule has 1 N–H and O–H groups in total. The SMILES string of the molecule is CCCc1cc(Nc2ccc(F)c(Cl)c2)ncn1. The number of hydrogen-bond donors (Lipinski definition) is 1. The minimum atomic E-state index is -0.434. The number of nitrogens with zero attached hydrogens (tertiary/aromatic N) is 2. The van der Waals surface area contributed by atoms with Crippen molar-refractivity contribution in [3.05, 3.63) is 47.1 Å². The molecule has 2 aromatic rings. The number of aryl methyl sites for hydroxylation is 1. The summed E-state index contributed by atoms with van der Waals surface area (Å²) in [5, 5.41) is 3.15. The Bertz CT molecular complexity index is 546. The van der Waals surface area contributed by atoms with Crippen LogP contribution in [0.1, 0.15) is 19.0 Å². The van der Waals surface area contributed by atoms with Gasteiger partial charge in [-0.3, -0.25) is 0 Å². The molecule has 94 valence electrons. The highest BCUT2D eigenvalue weighted by molar-refractivity contribution is 6.31. The van der Waals surface area contributed by atoms with Gasteiger partial charge >= 0.3 is 0 Å². The molecule has 0 bridgehead atoms. The molecule has 5 heteroatoms. The second kappa shape index (κ2) is 5.78. The molecule has 0 saturated carbocycles. The molecular formula is C13H13ClFN3. The zero-order chi connectivity index (χ0) is 13.0. The van der Waals surface area contributed by atoms with Gasteiger partial charge in [0.25, 0.3) is 0 Å². The minimum absolute atomic E-state index is 0.0860. The highest BCUT2D eigenvalue weighted by atomic mass is 35.5. The van der Waals surface area contributed by atoms with Crippen molar-refractivity contribution in [1.82, 2.24) is 9.97 Å². The van der Waals surface area contributed by atoms with Crippen molar-refractivity contribution in [1.29, 1.82) is 0 Å². The van der Waals surface area contributed by atoms with E-state index in [1.807, 2.05) is 6.07 Å². The number of rotatable bonds is 4. The second-order valence-electron chi connectivity index (χ2n) is 3.90. The zero-order valence-corrected chi connectivity index (χ0v) is 10.7. The number of halogens is 2. The summed E-state index contributed by atoms with van der Waals surface area (Å²) < 4.78 is 13.0. The summed E-state index contributed by atoms with van der Waals surface area (Å²) in [6, 6.07) is 6.33. The minimum Gasteiger partial charge on any atom is -0.340 e. The lowest BCUT2D eigenvalue weighted by Gasteiger charge is -2.07. The maximum Gasteiger partial charge on any atom is 0.141 e. The van der Waals surface area contributed by atoms with E-state index in [0.29, 0.717) is 11.5 Å². The van der Waals surface area contributed by atoms with Crippen molar-refractivity contribution >= 4 is 23.1 Å². The summed E-state index contributed by atoms with van der Waals surface area (Å²) >= 11 is 5.71. The highest BCUT2D eigenvalue weighted by Crippen LogP contribution is 2.22. The fourth-order valence-corrected chi connectivity index (χ4v) is 1.76. The standard InChI is InChI=1S/C13H13ClFN3/c1-2-3-9-7-13(17-8-16-9)18-10-4-5-12(15)11(14)6-10/h4-8H,2-3H2,1H3,(H,16,17,18). The quantitative estimate of drug-likeness (QED) is 0.909. The molecule has 18 heavy (non-hydrogen) atoms. The molecule has 1 aromatic carbocycles. The maximum absolute atomic E-state index is 13.0. The van der Waals surface area contributed by atoms with Crippen molar-refractivity contribution in [3.8, 4) is 0 Å². The lowest BCUT2D eigenvalue weighted by Crippen LogP contribution is -1.97. The molecule has 0 aliphatic heterocycles. The van der Waals surface area contributed by atoms with E-state index in [4.69, 9.17) is 11.6 Å². The third-order valence-corrected chi connectivity index (χ3v) is 2.71. The van der Waals surface area contributed by atoms with E-state index >= 15 is 0 Å². The van der Waals surface area contributed by atoms with E-state index in [-0.39, 0.29) is 5.02 Å². The van der Waals surface area contributed by atoms with Gasteiger partial charge in [0.15, 0.2) is 0 Å².